The number of aromatic nitrogens is 2. The van der Waals surface area contributed by atoms with E-state index in [-0.39, 0.29) is 23.9 Å². The predicted octanol–water partition coefficient (Wildman–Crippen LogP) is 2.90. The molecule has 0 saturated carbocycles. The smallest absolute Gasteiger partial charge is 0.255 e. The number of rotatable bonds is 5. The molecule has 0 atom stereocenters. The lowest BCUT2D eigenvalue weighted by molar-refractivity contribution is -0.116. The van der Waals surface area contributed by atoms with E-state index in [1.54, 1.807) is 61.1 Å². The molecule has 27 heavy (non-hydrogen) atoms. The number of carbonyl (C=O) groups excluding carboxylic acids is 2. The number of benzene rings is 1. The quantitative estimate of drug-likeness (QED) is 0.655. The van der Waals surface area contributed by atoms with Gasteiger partial charge in [0.15, 0.2) is 0 Å². The van der Waals surface area contributed by atoms with Crippen LogP contribution in [-0.4, -0.2) is 21.4 Å². The number of anilines is 2. The zero-order valence-corrected chi connectivity index (χ0v) is 15.6. The first-order valence-electron chi connectivity index (χ1n) is 7.98. The van der Waals surface area contributed by atoms with Gasteiger partial charge in [0.2, 0.25) is 5.91 Å². The van der Waals surface area contributed by atoms with Gasteiger partial charge in [-0.15, -0.1) is 0 Å². The number of halogens is 1. The highest BCUT2D eigenvalue weighted by atomic mass is 79.9. The minimum Gasteiger partial charge on any atom is -0.325 e. The molecule has 0 aliphatic carbocycles. The van der Waals surface area contributed by atoms with Gasteiger partial charge in [0, 0.05) is 46.1 Å². The Balaban J connectivity index is 1.68. The lowest BCUT2D eigenvalue weighted by atomic mass is 10.2. The zero-order chi connectivity index (χ0) is 19.2. The minimum atomic E-state index is -0.373. The first-order chi connectivity index (χ1) is 13.0. The Morgan fingerprint density at radius 3 is 2.56 bits per heavy atom. The van der Waals surface area contributed by atoms with Gasteiger partial charge in [0.05, 0.1) is 0 Å². The summed E-state index contributed by atoms with van der Waals surface area (Å²) in [7, 11) is 0. The Bertz CT molecular complexity index is 1030. The van der Waals surface area contributed by atoms with E-state index in [0.29, 0.717) is 21.4 Å². The van der Waals surface area contributed by atoms with Crippen molar-refractivity contribution in [3.8, 4) is 0 Å². The molecule has 8 heteroatoms. The Morgan fingerprint density at radius 2 is 1.78 bits per heavy atom. The molecule has 136 valence electrons. The molecule has 0 bridgehead atoms. The van der Waals surface area contributed by atoms with Crippen molar-refractivity contribution in [2.24, 2.45) is 0 Å². The normalized spacial score (nSPS) is 10.3. The molecule has 2 heterocycles. The summed E-state index contributed by atoms with van der Waals surface area (Å²) in [6.45, 7) is -0.133. The molecule has 3 rings (SSSR count). The SMILES string of the molecule is O=C(Cn1cc(Br)ccc1=O)Nc1cccc(C(=O)Nc2ccncc2)c1. The predicted molar refractivity (Wildman–Crippen MR) is 106 cm³/mol. The maximum Gasteiger partial charge on any atom is 0.255 e. The van der Waals surface area contributed by atoms with Gasteiger partial charge < -0.3 is 15.2 Å². The van der Waals surface area contributed by atoms with Gasteiger partial charge >= 0.3 is 0 Å². The Hall–Kier alpha value is -3.26. The van der Waals surface area contributed by atoms with Gasteiger partial charge in [-0.05, 0) is 52.3 Å². The third kappa shape index (κ3) is 5.11. The summed E-state index contributed by atoms with van der Waals surface area (Å²) in [5.74, 6) is -0.678. The summed E-state index contributed by atoms with van der Waals surface area (Å²) in [4.78, 5) is 40.2. The standard InChI is InChI=1S/C19H15BrN4O3/c20-14-4-5-18(26)24(11-14)12-17(25)22-16-3-1-2-13(10-16)19(27)23-15-6-8-21-9-7-15/h1-11H,12H2,(H,22,25)(H,21,23,27). The van der Waals surface area contributed by atoms with Crippen LogP contribution >= 0.6 is 15.9 Å². The highest BCUT2D eigenvalue weighted by Gasteiger charge is 2.09. The third-order valence-electron chi connectivity index (χ3n) is 3.61. The van der Waals surface area contributed by atoms with Crippen molar-refractivity contribution in [3.63, 3.8) is 0 Å². The highest BCUT2D eigenvalue weighted by Crippen LogP contribution is 2.13. The lowest BCUT2D eigenvalue weighted by Crippen LogP contribution is -2.26. The lowest BCUT2D eigenvalue weighted by Gasteiger charge is -2.09. The second-order valence-electron chi connectivity index (χ2n) is 5.63. The van der Waals surface area contributed by atoms with E-state index in [2.05, 4.69) is 31.5 Å². The summed E-state index contributed by atoms with van der Waals surface area (Å²) >= 11 is 3.27. The third-order valence-corrected chi connectivity index (χ3v) is 4.08. The summed E-state index contributed by atoms with van der Waals surface area (Å²) in [5.41, 5.74) is 1.20. The molecule has 0 fully saturated rings. The average molecular weight is 427 g/mol. The van der Waals surface area contributed by atoms with Crippen molar-refractivity contribution in [3.05, 3.63) is 87.5 Å². The van der Waals surface area contributed by atoms with Crippen molar-refractivity contribution in [2.75, 3.05) is 10.6 Å². The fourth-order valence-corrected chi connectivity index (χ4v) is 2.74. The van der Waals surface area contributed by atoms with Gasteiger partial charge in [-0.3, -0.25) is 19.4 Å². The Kier molecular flexibility index (Phi) is 5.77. The highest BCUT2D eigenvalue weighted by molar-refractivity contribution is 9.10. The van der Waals surface area contributed by atoms with Crippen molar-refractivity contribution < 1.29 is 9.59 Å². The van der Waals surface area contributed by atoms with Gasteiger partial charge in [-0.2, -0.15) is 0 Å². The molecule has 0 aliphatic rings. The van der Waals surface area contributed by atoms with E-state index < -0.39 is 0 Å². The minimum absolute atomic E-state index is 0.133. The van der Waals surface area contributed by atoms with Crippen LogP contribution in [0.15, 0.2) is 76.4 Å². The summed E-state index contributed by atoms with van der Waals surface area (Å²) in [6, 6.07) is 12.9. The van der Waals surface area contributed by atoms with Crippen molar-refractivity contribution >= 4 is 39.1 Å². The molecule has 0 unspecified atom stereocenters. The maximum atomic E-state index is 12.3. The molecule has 2 aromatic heterocycles. The van der Waals surface area contributed by atoms with E-state index in [1.165, 1.54) is 10.6 Å². The number of hydrogen-bond donors (Lipinski definition) is 2. The van der Waals surface area contributed by atoms with Crippen LogP contribution in [0.1, 0.15) is 10.4 Å². The second-order valence-corrected chi connectivity index (χ2v) is 6.55. The molecule has 2 amide bonds. The van der Waals surface area contributed by atoms with Crippen LogP contribution in [0.3, 0.4) is 0 Å². The summed E-state index contributed by atoms with van der Waals surface area (Å²) in [5, 5.41) is 5.44. The van der Waals surface area contributed by atoms with E-state index in [1.807, 2.05) is 0 Å². The first kappa shape index (κ1) is 18.5. The molecule has 7 nitrogen and oxygen atoms in total. The number of carbonyl (C=O) groups is 2. The molecule has 1 aromatic carbocycles. The number of pyridine rings is 2. The molecular formula is C19H15BrN4O3. The second kappa shape index (κ2) is 8.41. The monoisotopic (exact) mass is 426 g/mol. The number of hydrogen-bond acceptors (Lipinski definition) is 4. The van der Waals surface area contributed by atoms with Crippen LogP contribution < -0.4 is 16.2 Å². The van der Waals surface area contributed by atoms with Crippen LogP contribution in [-0.2, 0) is 11.3 Å². The number of amides is 2. The maximum absolute atomic E-state index is 12.3. The van der Waals surface area contributed by atoms with Crippen LogP contribution in [0, 0.1) is 0 Å². The Labute approximate surface area is 163 Å². The van der Waals surface area contributed by atoms with E-state index in [4.69, 9.17) is 0 Å². The van der Waals surface area contributed by atoms with Gasteiger partial charge in [0.25, 0.3) is 11.5 Å². The molecular weight excluding hydrogens is 412 g/mol. The van der Waals surface area contributed by atoms with Crippen LogP contribution in [0.2, 0.25) is 0 Å². The summed E-state index contributed by atoms with van der Waals surface area (Å²) in [6.07, 6.45) is 4.70. The fraction of sp³-hybridized carbons (Fsp3) is 0.0526. The van der Waals surface area contributed by atoms with E-state index in [0.717, 1.165) is 0 Å². The van der Waals surface area contributed by atoms with Crippen molar-refractivity contribution in [1.82, 2.24) is 9.55 Å². The average Bonchev–Trinajstić information content (AvgIpc) is 2.65. The largest absolute Gasteiger partial charge is 0.325 e. The van der Waals surface area contributed by atoms with Gasteiger partial charge in [-0.25, -0.2) is 0 Å². The molecule has 0 spiro atoms. The molecule has 0 radical (unpaired) electrons. The Morgan fingerprint density at radius 1 is 1.00 bits per heavy atom. The first-order valence-corrected chi connectivity index (χ1v) is 8.78. The number of nitrogens with zero attached hydrogens (tertiary/aromatic N) is 2. The molecule has 0 aliphatic heterocycles. The summed E-state index contributed by atoms with van der Waals surface area (Å²) < 4.78 is 1.99. The topological polar surface area (TPSA) is 93.1 Å². The van der Waals surface area contributed by atoms with Crippen LogP contribution in [0.5, 0.6) is 0 Å². The molecule has 0 saturated heterocycles. The molecule has 3 aromatic rings. The molecule has 2 N–H and O–H groups in total. The van der Waals surface area contributed by atoms with Crippen molar-refractivity contribution in [2.45, 2.75) is 6.54 Å². The number of nitrogens with one attached hydrogen (secondary N) is 2. The zero-order valence-electron chi connectivity index (χ0n) is 14.1. The van der Waals surface area contributed by atoms with E-state index >= 15 is 0 Å². The van der Waals surface area contributed by atoms with Gasteiger partial charge in [-0.1, -0.05) is 6.07 Å². The van der Waals surface area contributed by atoms with Crippen LogP contribution in [0.25, 0.3) is 0 Å². The van der Waals surface area contributed by atoms with Crippen molar-refractivity contribution in [1.29, 1.82) is 0 Å². The van der Waals surface area contributed by atoms with E-state index in [9.17, 15) is 14.4 Å². The van der Waals surface area contributed by atoms with Gasteiger partial charge in [0.1, 0.15) is 6.54 Å². The fourth-order valence-electron chi connectivity index (χ4n) is 2.36. The van der Waals surface area contributed by atoms with Crippen LogP contribution in [0.4, 0.5) is 11.4 Å².